The van der Waals surface area contributed by atoms with Gasteiger partial charge < -0.3 is 14.9 Å². The zero-order valence-corrected chi connectivity index (χ0v) is 9.34. The van der Waals surface area contributed by atoms with Crippen LogP contribution in [0.3, 0.4) is 0 Å². The van der Waals surface area contributed by atoms with Crippen molar-refractivity contribution in [3.05, 3.63) is 47.5 Å². The molecule has 0 radical (unpaired) electrons. The molecule has 0 spiro atoms. The number of rotatable bonds is 0. The van der Waals surface area contributed by atoms with E-state index in [1.54, 1.807) is 24.3 Å². The first-order valence-corrected chi connectivity index (χ1v) is 5.50. The first-order chi connectivity index (χ1) is 8.18. The molecule has 86 valence electrons. The number of fused-ring (bicyclic) bond motifs is 2. The quantitative estimate of drug-likeness (QED) is 0.727. The van der Waals surface area contributed by atoms with Crippen molar-refractivity contribution < 1.29 is 14.9 Å². The fourth-order valence-electron chi connectivity index (χ4n) is 2.26. The van der Waals surface area contributed by atoms with Gasteiger partial charge in [-0.1, -0.05) is 31.2 Å². The summed E-state index contributed by atoms with van der Waals surface area (Å²) in [5, 5.41) is 19.6. The van der Waals surface area contributed by atoms with E-state index in [1.807, 2.05) is 19.1 Å². The summed E-state index contributed by atoms with van der Waals surface area (Å²) in [6.07, 6.45) is 0. The maximum Gasteiger partial charge on any atom is 0.173 e. The predicted molar refractivity (Wildman–Crippen MR) is 63.8 cm³/mol. The van der Waals surface area contributed by atoms with Crippen molar-refractivity contribution in [2.45, 2.75) is 12.8 Å². The first-order valence-electron chi connectivity index (χ1n) is 5.50. The van der Waals surface area contributed by atoms with Crippen molar-refractivity contribution in [1.29, 1.82) is 0 Å². The second kappa shape index (κ2) is 3.42. The average Bonchev–Trinajstić information content (AvgIpc) is 2.32. The highest BCUT2D eigenvalue weighted by Crippen LogP contribution is 2.50. The van der Waals surface area contributed by atoms with Crippen LogP contribution in [-0.2, 0) is 0 Å². The number of hydrogen-bond donors (Lipinski definition) is 2. The Morgan fingerprint density at radius 2 is 1.35 bits per heavy atom. The van der Waals surface area contributed by atoms with Crippen molar-refractivity contribution in [3.63, 3.8) is 0 Å². The molecule has 0 saturated heterocycles. The van der Waals surface area contributed by atoms with Crippen LogP contribution in [0.2, 0.25) is 0 Å². The van der Waals surface area contributed by atoms with Gasteiger partial charge in [-0.05, 0) is 12.1 Å². The van der Waals surface area contributed by atoms with E-state index in [0.717, 1.165) is 11.1 Å². The zero-order valence-electron chi connectivity index (χ0n) is 9.34. The lowest BCUT2D eigenvalue weighted by molar-refractivity contribution is 0.368. The zero-order chi connectivity index (χ0) is 12.0. The molecule has 0 saturated carbocycles. The van der Waals surface area contributed by atoms with Gasteiger partial charge in [-0.25, -0.2) is 0 Å². The third-order valence-electron chi connectivity index (χ3n) is 3.19. The molecule has 0 bridgehead atoms. The van der Waals surface area contributed by atoms with Gasteiger partial charge >= 0.3 is 0 Å². The van der Waals surface area contributed by atoms with Crippen LogP contribution in [0.25, 0.3) is 0 Å². The van der Waals surface area contributed by atoms with Gasteiger partial charge in [0.15, 0.2) is 23.0 Å². The molecule has 1 aliphatic heterocycles. The lowest BCUT2D eigenvalue weighted by Crippen LogP contribution is -2.07. The summed E-state index contributed by atoms with van der Waals surface area (Å²) in [5.74, 6) is 1.17. The van der Waals surface area contributed by atoms with Crippen LogP contribution < -0.4 is 4.74 Å². The van der Waals surface area contributed by atoms with Crippen molar-refractivity contribution in [3.8, 4) is 23.0 Å². The standard InChI is InChI=1S/C14H12O3/c1-8-9-4-2-6-11(15)13(9)17-14-10(8)5-3-7-12(14)16/h2-8,15-16H,1H3. The summed E-state index contributed by atoms with van der Waals surface area (Å²) < 4.78 is 5.61. The van der Waals surface area contributed by atoms with Crippen LogP contribution in [-0.4, -0.2) is 10.2 Å². The minimum atomic E-state index is 0.0907. The van der Waals surface area contributed by atoms with E-state index in [2.05, 4.69) is 0 Å². The Hall–Kier alpha value is -2.16. The Balaban J connectivity index is 2.25. The number of benzene rings is 2. The molecule has 3 heteroatoms. The molecule has 2 aromatic rings. The molecule has 3 rings (SSSR count). The van der Waals surface area contributed by atoms with Gasteiger partial charge in [0.25, 0.3) is 0 Å². The van der Waals surface area contributed by atoms with E-state index < -0.39 is 0 Å². The van der Waals surface area contributed by atoms with Crippen LogP contribution in [0.15, 0.2) is 36.4 Å². The third-order valence-corrected chi connectivity index (χ3v) is 3.19. The Morgan fingerprint density at radius 1 is 0.882 bits per heavy atom. The normalized spacial score (nSPS) is 13.7. The van der Waals surface area contributed by atoms with E-state index in [1.165, 1.54) is 0 Å². The smallest absolute Gasteiger partial charge is 0.173 e. The van der Waals surface area contributed by atoms with Gasteiger partial charge in [0.1, 0.15) is 0 Å². The van der Waals surface area contributed by atoms with E-state index in [0.29, 0.717) is 11.5 Å². The molecule has 0 unspecified atom stereocenters. The lowest BCUT2D eigenvalue weighted by Gasteiger charge is -2.26. The summed E-state index contributed by atoms with van der Waals surface area (Å²) in [7, 11) is 0. The maximum absolute atomic E-state index is 9.78. The van der Waals surface area contributed by atoms with E-state index in [4.69, 9.17) is 4.74 Å². The fourth-order valence-corrected chi connectivity index (χ4v) is 2.26. The molecular formula is C14H12O3. The van der Waals surface area contributed by atoms with Gasteiger partial charge in [0.05, 0.1) is 0 Å². The largest absolute Gasteiger partial charge is 0.504 e. The SMILES string of the molecule is CC1c2cccc(O)c2Oc2c(O)cccc21. The molecule has 0 aromatic heterocycles. The molecule has 0 fully saturated rings. The van der Waals surface area contributed by atoms with E-state index in [-0.39, 0.29) is 17.4 Å². The number of aromatic hydroxyl groups is 2. The monoisotopic (exact) mass is 228 g/mol. The van der Waals surface area contributed by atoms with Crippen LogP contribution in [0.1, 0.15) is 24.0 Å². The van der Waals surface area contributed by atoms with Crippen LogP contribution in [0, 0.1) is 0 Å². The van der Waals surface area contributed by atoms with Gasteiger partial charge in [-0.2, -0.15) is 0 Å². The van der Waals surface area contributed by atoms with Crippen molar-refractivity contribution >= 4 is 0 Å². The molecule has 2 aromatic carbocycles. The van der Waals surface area contributed by atoms with Crippen LogP contribution in [0.4, 0.5) is 0 Å². The van der Waals surface area contributed by atoms with Crippen LogP contribution in [0.5, 0.6) is 23.0 Å². The van der Waals surface area contributed by atoms with Crippen molar-refractivity contribution in [2.24, 2.45) is 0 Å². The minimum absolute atomic E-state index is 0.0907. The minimum Gasteiger partial charge on any atom is -0.504 e. The Labute approximate surface area is 98.9 Å². The molecule has 0 atom stereocenters. The number of para-hydroxylation sites is 2. The molecule has 0 aliphatic carbocycles. The average molecular weight is 228 g/mol. The van der Waals surface area contributed by atoms with E-state index in [9.17, 15) is 10.2 Å². The third kappa shape index (κ3) is 1.35. The highest BCUT2D eigenvalue weighted by atomic mass is 16.5. The topological polar surface area (TPSA) is 49.7 Å². The second-order valence-corrected chi connectivity index (χ2v) is 4.21. The highest BCUT2D eigenvalue weighted by molar-refractivity contribution is 5.61. The number of ether oxygens (including phenoxy) is 1. The van der Waals surface area contributed by atoms with Gasteiger partial charge in [0.2, 0.25) is 0 Å². The lowest BCUT2D eigenvalue weighted by atomic mass is 9.89. The Morgan fingerprint density at radius 3 is 1.82 bits per heavy atom. The summed E-state index contributed by atoms with van der Waals surface area (Å²) in [6, 6.07) is 10.6. The number of phenols is 2. The second-order valence-electron chi connectivity index (χ2n) is 4.21. The Bertz CT molecular complexity index is 539. The molecule has 2 N–H and O–H groups in total. The highest BCUT2D eigenvalue weighted by Gasteiger charge is 2.27. The van der Waals surface area contributed by atoms with Gasteiger partial charge in [-0.15, -0.1) is 0 Å². The van der Waals surface area contributed by atoms with Gasteiger partial charge in [0, 0.05) is 17.0 Å². The summed E-state index contributed by atoms with van der Waals surface area (Å²) in [6.45, 7) is 2.03. The van der Waals surface area contributed by atoms with Crippen molar-refractivity contribution in [2.75, 3.05) is 0 Å². The van der Waals surface area contributed by atoms with Crippen molar-refractivity contribution in [1.82, 2.24) is 0 Å². The molecule has 3 nitrogen and oxygen atoms in total. The predicted octanol–water partition coefficient (Wildman–Crippen LogP) is 3.36. The summed E-state index contributed by atoms with van der Waals surface area (Å²) in [4.78, 5) is 0. The summed E-state index contributed by atoms with van der Waals surface area (Å²) in [5.41, 5.74) is 1.87. The molecule has 1 aliphatic rings. The fraction of sp³-hybridized carbons (Fsp3) is 0.143. The number of hydrogen-bond acceptors (Lipinski definition) is 3. The Kier molecular flexibility index (Phi) is 2.01. The number of phenolic OH excluding ortho intramolecular Hbond substituents is 2. The maximum atomic E-state index is 9.78. The first kappa shape index (κ1) is 10.0. The molecule has 17 heavy (non-hydrogen) atoms. The van der Waals surface area contributed by atoms with Gasteiger partial charge in [-0.3, -0.25) is 0 Å². The molecule has 0 amide bonds. The van der Waals surface area contributed by atoms with Crippen LogP contribution >= 0.6 is 0 Å². The van der Waals surface area contributed by atoms with E-state index >= 15 is 0 Å². The summed E-state index contributed by atoms with van der Waals surface area (Å²) >= 11 is 0. The molecule has 1 heterocycles. The molecular weight excluding hydrogens is 216 g/mol.